The third-order valence-corrected chi connectivity index (χ3v) is 12.7. The molecule has 3 aromatic heterocycles. The van der Waals surface area contributed by atoms with Gasteiger partial charge in [0.2, 0.25) is 0 Å². The maximum absolute atomic E-state index is 5.51. The molecule has 5 nitrogen and oxygen atoms in total. The minimum Gasteiger partial charge on any atom is -0.309 e. The van der Waals surface area contributed by atoms with E-state index < -0.39 is 0 Å². The summed E-state index contributed by atoms with van der Waals surface area (Å²) in [5.74, 6) is 1.82. The lowest BCUT2D eigenvalue weighted by atomic mass is 10.0. The molecule has 298 valence electrons. The number of benzene rings is 10. The second kappa shape index (κ2) is 14.5. The molecule has 0 aliphatic carbocycles. The van der Waals surface area contributed by atoms with Crippen molar-refractivity contribution in [1.29, 1.82) is 0 Å². The Bertz CT molecular complexity index is 3940. The van der Waals surface area contributed by atoms with Crippen LogP contribution >= 0.6 is 0 Å². The average molecular weight is 816 g/mol. The zero-order valence-electron chi connectivity index (χ0n) is 34.6. The molecule has 13 aromatic rings. The second-order valence-corrected chi connectivity index (χ2v) is 16.4. The molecular formula is C59H37N5. The van der Waals surface area contributed by atoms with Crippen LogP contribution in [0.2, 0.25) is 0 Å². The van der Waals surface area contributed by atoms with Crippen molar-refractivity contribution in [3.63, 3.8) is 0 Å². The Balaban J connectivity index is 1.09. The van der Waals surface area contributed by atoms with Gasteiger partial charge in [-0.1, -0.05) is 170 Å². The first-order chi connectivity index (χ1) is 31.7. The third-order valence-electron chi connectivity index (χ3n) is 12.7. The predicted molar refractivity (Wildman–Crippen MR) is 265 cm³/mol. The molecule has 0 aliphatic heterocycles. The summed E-state index contributed by atoms with van der Waals surface area (Å²) < 4.78 is 4.75. The zero-order chi connectivity index (χ0) is 42.1. The van der Waals surface area contributed by atoms with Crippen LogP contribution in [-0.4, -0.2) is 24.1 Å². The highest BCUT2D eigenvalue weighted by atomic mass is 15.1. The van der Waals surface area contributed by atoms with Crippen LogP contribution in [0.4, 0.5) is 0 Å². The number of hydrogen-bond acceptors (Lipinski definition) is 3. The summed E-state index contributed by atoms with van der Waals surface area (Å²) in [5, 5.41) is 9.33. The predicted octanol–water partition coefficient (Wildman–Crippen LogP) is 15.0. The van der Waals surface area contributed by atoms with Crippen LogP contribution in [0.3, 0.4) is 0 Å². The Morgan fingerprint density at radius 1 is 0.266 bits per heavy atom. The molecule has 0 N–H and O–H groups in total. The molecule has 64 heavy (non-hydrogen) atoms. The molecule has 0 atom stereocenters. The fourth-order valence-electron chi connectivity index (χ4n) is 9.77. The van der Waals surface area contributed by atoms with E-state index in [4.69, 9.17) is 15.0 Å². The van der Waals surface area contributed by atoms with Crippen molar-refractivity contribution in [3.05, 3.63) is 224 Å². The number of hydrogen-bond donors (Lipinski definition) is 0. The van der Waals surface area contributed by atoms with Gasteiger partial charge in [-0.3, -0.25) is 0 Å². The fraction of sp³-hybridized carbons (Fsp3) is 0. The average Bonchev–Trinajstić information content (AvgIpc) is 3.88. The van der Waals surface area contributed by atoms with E-state index in [1.165, 1.54) is 26.9 Å². The highest BCUT2D eigenvalue weighted by Gasteiger charge is 2.22. The van der Waals surface area contributed by atoms with Gasteiger partial charge >= 0.3 is 0 Å². The van der Waals surface area contributed by atoms with Gasteiger partial charge in [0.05, 0.1) is 22.1 Å². The molecule has 0 aliphatic rings. The number of para-hydroxylation sites is 4. The summed E-state index contributed by atoms with van der Waals surface area (Å²) >= 11 is 0. The molecule has 0 spiro atoms. The molecule has 0 bridgehead atoms. The van der Waals surface area contributed by atoms with Gasteiger partial charge in [0, 0.05) is 49.6 Å². The smallest absolute Gasteiger partial charge is 0.166 e. The van der Waals surface area contributed by atoms with E-state index in [2.05, 4.69) is 228 Å². The van der Waals surface area contributed by atoms with Gasteiger partial charge in [-0.2, -0.15) is 0 Å². The van der Waals surface area contributed by atoms with Gasteiger partial charge in [-0.05, 0) is 87.3 Å². The van der Waals surface area contributed by atoms with Crippen LogP contribution in [0.5, 0.6) is 0 Å². The van der Waals surface area contributed by atoms with Crippen molar-refractivity contribution >= 4 is 65.2 Å². The van der Waals surface area contributed by atoms with Crippen LogP contribution in [0.25, 0.3) is 122 Å². The first kappa shape index (κ1) is 36.0. The quantitative estimate of drug-likeness (QED) is 0.168. The second-order valence-electron chi connectivity index (χ2n) is 16.4. The number of rotatable bonds is 6. The Morgan fingerprint density at radius 3 is 1.55 bits per heavy atom. The van der Waals surface area contributed by atoms with Crippen LogP contribution in [-0.2, 0) is 0 Å². The summed E-state index contributed by atoms with van der Waals surface area (Å²) in [5.41, 5.74) is 11.6. The van der Waals surface area contributed by atoms with Crippen molar-refractivity contribution < 1.29 is 0 Å². The molecule has 0 amide bonds. The summed E-state index contributed by atoms with van der Waals surface area (Å²) in [6.07, 6.45) is 0. The van der Waals surface area contributed by atoms with E-state index in [1.54, 1.807) is 0 Å². The molecule has 5 heteroatoms. The molecule has 0 saturated heterocycles. The van der Waals surface area contributed by atoms with E-state index in [1.807, 2.05) is 6.07 Å². The van der Waals surface area contributed by atoms with Crippen LogP contribution < -0.4 is 0 Å². The third kappa shape index (κ3) is 5.75. The molecule has 0 saturated carbocycles. The SMILES string of the molecule is c1ccc(-c2ccc(-c3nc(-c4cc(-n5c6ccccc6c6cc7ccccc7cc65)cc5ccccc45)nc(-c4cccc5c6ccccc6n(-c6ccccc6)c45)n3)cc2)cc1. The van der Waals surface area contributed by atoms with Gasteiger partial charge in [-0.15, -0.1) is 0 Å². The largest absolute Gasteiger partial charge is 0.309 e. The standard InChI is InChI=1S/C59H37N5/c1-3-16-38(17-4-1)39-30-32-40(33-31-39)57-60-58(50-27-15-26-49-47-24-11-14-29-54(47)64(56(49)50)44-21-5-2-6-22-44)62-59(61-57)52-37-45(34-43-20-9-10-23-46(43)52)63-53-28-13-12-25-48(53)51-35-41-18-7-8-19-42(41)36-55(51)63/h1-37H. The highest BCUT2D eigenvalue weighted by Crippen LogP contribution is 2.41. The normalized spacial score (nSPS) is 11.8. The minimum atomic E-state index is 0.607. The summed E-state index contributed by atoms with van der Waals surface area (Å²) in [4.78, 5) is 16.3. The molecule has 0 radical (unpaired) electrons. The zero-order valence-corrected chi connectivity index (χ0v) is 34.6. The van der Waals surface area contributed by atoms with Crippen molar-refractivity contribution in [1.82, 2.24) is 24.1 Å². The highest BCUT2D eigenvalue weighted by molar-refractivity contribution is 6.15. The van der Waals surface area contributed by atoms with Gasteiger partial charge in [0.1, 0.15) is 0 Å². The van der Waals surface area contributed by atoms with Crippen molar-refractivity contribution in [2.24, 2.45) is 0 Å². The molecule has 13 rings (SSSR count). The lowest BCUT2D eigenvalue weighted by molar-refractivity contribution is 1.07. The van der Waals surface area contributed by atoms with E-state index >= 15 is 0 Å². The summed E-state index contributed by atoms with van der Waals surface area (Å²) in [6.45, 7) is 0. The Morgan fingerprint density at radius 2 is 0.797 bits per heavy atom. The molecule has 10 aromatic carbocycles. The maximum atomic E-state index is 5.51. The first-order valence-electron chi connectivity index (χ1n) is 21.7. The van der Waals surface area contributed by atoms with Gasteiger partial charge in [0.25, 0.3) is 0 Å². The van der Waals surface area contributed by atoms with E-state index in [0.29, 0.717) is 17.5 Å². The van der Waals surface area contributed by atoms with Crippen molar-refractivity contribution in [2.45, 2.75) is 0 Å². The van der Waals surface area contributed by atoms with Crippen LogP contribution in [0.15, 0.2) is 224 Å². The Labute approximate surface area is 368 Å². The lowest BCUT2D eigenvalue weighted by Gasteiger charge is -2.15. The number of fused-ring (bicyclic) bond motifs is 8. The molecule has 3 heterocycles. The molecular weight excluding hydrogens is 779 g/mol. The van der Waals surface area contributed by atoms with Crippen LogP contribution in [0.1, 0.15) is 0 Å². The van der Waals surface area contributed by atoms with E-state index in [9.17, 15) is 0 Å². The lowest BCUT2D eigenvalue weighted by Crippen LogP contribution is -2.03. The van der Waals surface area contributed by atoms with Crippen LogP contribution in [0, 0.1) is 0 Å². The molecule has 0 unspecified atom stereocenters. The maximum Gasteiger partial charge on any atom is 0.166 e. The summed E-state index contributed by atoms with van der Waals surface area (Å²) in [6, 6.07) is 79.8. The van der Waals surface area contributed by atoms with E-state index in [-0.39, 0.29) is 0 Å². The van der Waals surface area contributed by atoms with Crippen molar-refractivity contribution in [2.75, 3.05) is 0 Å². The molecule has 0 fully saturated rings. The first-order valence-corrected chi connectivity index (χ1v) is 21.7. The Hall–Kier alpha value is -8.67. The topological polar surface area (TPSA) is 48.5 Å². The van der Waals surface area contributed by atoms with E-state index in [0.717, 1.165) is 77.4 Å². The van der Waals surface area contributed by atoms with Gasteiger partial charge in [-0.25, -0.2) is 15.0 Å². The number of aromatic nitrogens is 5. The van der Waals surface area contributed by atoms with Gasteiger partial charge in [0.15, 0.2) is 17.5 Å². The van der Waals surface area contributed by atoms with Crippen molar-refractivity contribution in [3.8, 4) is 56.7 Å². The number of nitrogens with zero attached hydrogens (tertiary/aromatic N) is 5. The summed E-state index contributed by atoms with van der Waals surface area (Å²) in [7, 11) is 0. The minimum absolute atomic E-state index is 0.607. The monoisotopic (exact) mass is 815 g/mol. The van der Waals surface area contributed by atoms with Gasteiger partial charge < -0.3 is 9.13 Å². The fourth-order valence-corrected chi connectivity index (χ4v) is 9.77. The Kier molecular flexibility index (Phi) is 8.15.